The maximum atomic E-state index is 15.6. The van der Waals surface area contributed by atoms with Crippen LogP contribution in [0.5, 0.6) is 0 Å². The Hall–Kier alpha value is -7.40. The number of para-hydroxylation sites is 2. The summed E-state index contributed by atoms with van der Waals surface area (Å²) < 4.78 is 36.8. The number of rotatable bonds is 8. The van der Waals surface area contributed by atoms with Crippen LogP contribution in [0.1, 0.15) is 10.4 Å². The van der Waals surface area contributed by atoms with Crippen molar-refractivity contribution in [1.82, 2.24) is 13.6 Å². The Morgan fingerprint density at radius 3 is 1.55 bits per heavy atom. The molecule has 0 fully saturated rings. The number of halogens is 2. The van der Waals surface area contributed by atoms with E-state index >= 15 is 8.63 Å². The summed E-state index contributed by atoms with van der Waals surface area (Å²) in [7, 11) is 1.33. The minimum absolute atomic E-state index is 0.166. The second-order valence-electron chi connectivity index (χ2n) is 16.1. The number of hydrogen-bond acceptors (Lipinski definition) is 3. The minimum Gasteiger partial charge on any atom is -0.344 e. The summed E-state index contributed by atoms with van der Waals surface area (Å²) in [6, 6.07) is 56.0. The molecule has 5 nitrogen and oxygen atoms in total. The highest BCUT2D eigenvalue weighted by Gasteiger charge is 2.30. The van der Waals surface area contributed by atoms with E-state index in [2.05, 4.69) is 132 Å². The fourth-order valence-electron chi connectivity index (χ4n) is 9.36. The van der Waals surface area contributed by atoms with E-state index in [-0.39, 0.29) is 5.82 Å². The van der Waals surface area contributed by atoms with Crippen LogP contribution in [0.25, 0.3) is 93.1 Å². The van der Waals surface area contributed by atoms with Crippen LogP contribution in [0.4, 0.5) is 14.4 Å². The van der Waals surface area contributed by atoms with Gasteiger partial charge in [-0.25, -0.2) is 9.98 Å². The Labute approximate surface area is 376 Å². The molecule has 64 heavy (non-hydrogen) atoms. The van der Waals surface area contributed by atoms with Crippen LogP contribution in [-0.2, 0) is 14.1 Å². The number of fused-ring (bicyclic) bond motifs is 6. The fraction of sp³-hybridized carbons (Fsp3) is 0.0370. The average Bonchev–Trinajstić information content (AvgIpc) is 4.21. The van der Waals surface area contributed by atoms with Gasteiger partial charge in [0, 0.05) is 89.9 Å². The van der Waals surface area contributed by atoms with Gasteiger partial charge in [0.15, 0.2) is 5.84 Å². The first kappa shape index (κ1) is 38.3. The zero-order valence-corrected chi connectivity index (χ0v) is 36.3. The smallest absolute Gasteiger partial charge is 0.344 e. The highest BCUT2D eigenvalue weighted by atomic mass is 32.1. The minimum atomic E-state index is -2.86. The molecule has 0 atom stereocenters. The molecule has 0 aliphatic carbocycles. The maximum Gasteiger partial charge on any atom is 0.679 e. The molecule has 0 amide bonds. The van der Waals surface area contributed by atoms with Crippen LogP contribution in [0.3, 0.4) is 0 Å². The quantitative estimate of drug-likeness (QED) is 0.137. The third-order valence-corrected chi connectivity index (χ3v) is 14.4. The molecule has 1 aliphatic heterocycles. The van der Waals surface area contributed by atoms with Crippen LogP contribution < -0.4 is 0 Å². The van der Waals surface area contributed by atoms with Crippen molar-refractivity contribution in [2.75, 3.05) is 0 Å². The summed E-state index contributed by atoms with van der Waals surface area (Å²) in [5, 5.41) is 8.85. The van der Waals surface area contributed by atoms with E-state index < -0.39 is 7.40 Å². The van der Waals surface area contributed by atoms with Crippen molar-refractivity contribution in [3.05, 3.63) is 191 Å². The van der Waals surface area contributed by atoms with Gasteiger partial charge in [0.1, 0.15) is 5.82 Å². The van der Waals surface area contributed by atoms with E-state index in [0.717, 1.165) is 58.9 Å². The van der Waals surface area contributed by atoms with Gasteiger partial charge in [0.05, 0.1) is 5.71 Å². The SMILES string of the molecule is Cn1c2ccccc2c2ccc(-c3ccc(C4=N/C(=N\c5c(-c6cccs6)cc(-c6ccc(-c7ccc8c9ccccc9n(C)c8c7)cc6)n5B(F)F)C(c5cccs5)=C4)cc3)cc21. The first-order chi connectivity index (χ1) is 31.4. The summed E-state index contributed by atoms with van der Waals surface area (Å²) in [4.78, 5) is 12.0. The van der Waals surface area contributed by atoms with Crippen LogP contribution in [0, 0.1) is 0 Å². The summed E-state index contributed by atoms with van der Waals surface area (Å²) >= 11 is 3.07. The number of aromatic nitrogens is 3. The number of aliphatic imine (C=N–C) groups is 2. The molecule has 0 saturated carbocycles. The third kappa shape index (κ3) is 6.24. The van der Waals surface area contributed by atoms with E-state index in [4.69, 9.17) is 9.98 Å². The molecule has 0 spiro atoms. The van der Waals surface area contributed by atoms with Crippen molar-refractivity contribution >= 4 is 96.6 Å². The zero-order valence-electron chi connectivity index (χ0n) is 34.7. The van der Waals surface area contributed by atoms with Crippen molar-refractivity contribution in [1.29, 1.82) is 0 Å². The van der Waals surface area contributed by atoms with Gasteiger partial charge >= 0.3 is 7.40 Å². The first-order valence-corrected chi connectivity index (χ1v) is 22.8. The largest absolute Gasteiger partial charge is 0.679 e. The molecule has 0 radical (unpaired) electrons. The summed E-state index contributed by atoms with van der Waals surface area (Å²) in [5.74, 6) is 0.561. The molecule has 6 aromatic carbocycles. The lowest BCUT2D eigenvalue weighted by Crippen LogP contribution is -2.14. The molecule has 306 valence electrons. The molecule has 11 aromatic rings. The van der Waals surface area contributed by atoms with E-state index in [1.54, 1.807) is 11.3 Å². The van der Waals surface area contributed by atoms with Gasteiger partial charge in [-0.2, -0.15) is 0 Å². The monoisotopic (exact) mass is 867 g/mol. The molecule has 12 rings (SSSR count). The average molecular weight is 868 g/mol. The molecule has 5 aromatic heterocycles. The van der Waals surface area contributed by atoms with Gasteiger partial charge in [0.2, 0.25) is 0 Å². The van der Waals surface area contributed by atoms with Crippen LogP contribution in [0.2, 0.25) is 0 Å². The van der Waals surface area contributed by atoms with Crippen LogP contribution in [0.15, 0.2) is 191 Å². The lowest BCUT2D eigenvalue weighted by molar-refractivity contribution is 0.632. The van der Waals surface area contributed by atoms with Crippen molar-refractivity contribution in [3.63, 3.8) is 0 Å². The molecule has 0 unspecified atom stereocenters. The van der Waals surface area contributed by atoms with Gasteiger partial charge in [0.25, 0.3) is 0 Å². The lowest BCUT2D eigenvalue weighted by Gasteiger charge is -2.11. The summed E-state index contributed by atoms with van der Waals surface area (Å²) in [6.45, 7) is 0. The highest BCUT2D eigenvalue weighted by molar-refractivity contribution is 7.13. The molecule has 0 bridgehead atoms. The Kier molecular flexibility index (Phi) is 9.07. The summed E-state index contributed by atoms with van der Waals surface area (Å²) in [6.07, 6.45) is 2.02. The maximum absolute atomic E-state index is 15.6. The zero-order chi connectivity index (χ0) is 43.1. The van der Waals surface area contributed by atoms with E-state index in [9.17, 15) is 0 Å². The van der Waals surface area contributed by atoms with Gasteiger partial charge in [-0.3, -0.25) is 8.63 Å². The molecular formula is C54H36BF2N5S2. The predicted molar refractivity (Wildman–Crippen MR) is 268 cm³/mol. The van der Waals surface area contributed by atoms with Gasteiger partial charge in [-0.1, -0.05) is 121 Å². The van der Waals surface area contributed by atoms with Gasteiger partial charge in [-0.15, -0.1) is 22.7 Å². The molecule has 0 saturated heterocycles. The van der Waals surface area contributed by atoms with Crippen molar-refractivity contribution < 1.29 is 8.63 Å². The second-order valence-corrected chi connectivity index (χ2v) is 18.0. The Balaban J connectivity index is 0.924. The molecule has 1 aliphatic rings. The van der Waals surface area contributed by atoms with Crippen LogP contribution >= 0.6 is 22.7 Å². The number of allylic oxidation sites excluding steroid dienone is 1. The van der Waals surface area contributed by atoms with Crippen molar-refractivity contribution in [3.8, 4) is 44.0 Å². The van der Waals surface area contributed by atoms with Crippen molar-refractivity contribution in [2.24, 2.45) is 24.1 Å². The Bertz CT molecular complexity index is 3700. The number of nitrogens with zero attached hydrogens (tertiary/aromatic N) is 5. The number of aryl methyl sites for hydroxylation is 2. The topological polar surface area (TPSA) is 39.5 Å². The molecular weight excluding hydrogens is 832 g/mol. The Morgan fingerprint density at radius 1 is 0.500 bits per heavy atom. The van der Waals surface area contributed by atoms with E-state index in [0.29, 0.717) is 22.7 Å². The van der Waals surface area contributed by atoms with E-state index in [1.807, 2.05) is 71.4 Å². The van der Waals surface area contributed by atoms with Crippen LogP contribution in [-0.4, -0.2) is 32.6 Å². The highest BCUT2D eigenvalue weighted by Crippen LogP contribution is 2.43. The first-order valence-electron chi connectivity index (χ1n) is 21.0. The molecule has 0 N–H and O–H groups in total. The molecule has 10 heteroatoms. The fourth-order valence-corrected chi connectivity index (χ4v) is 10.8. The van der Waals surface area contributed by atoms with Gasteiger partial charge in [-0.05, 0) is 87.1 Å². The number of hydrogen-bond donors (Lipinski definition) is 0. The second kappa shape index (κ2) is 15.2. The summed E-state index contributed by atoms with van der Waals surface area (Å²) in [5.41, 5.74) is 13.1. The van der Waals surface area contributed by atoms with Crippen molar-refractivity contribution in [2.45, 2.75) is 0 Å². The Morgan fingerprint density at radius 2 is 1.00 bits per heavy atom. The third-order valence-electron chi connectivity index (χ3n) is 12.6. The number of thiophene rings is 2. The van der Waals surface area contributed by atoms with E-state index in [1.165, 1.54) is 49.4 Å². The number of benzene rings is 6. The number of amidine groups is 1. The standard InChI is InChI=1S/C54H36BF2N5S2/c1-60-46-11-5-3-9-39(46)41-25-23-37(29-49(41)60)33-15-19-35(20-16-33)45-31-43(51-13-7-27-63-51)53(58-45)59-54-44(52-14-8-28-64-52)32-48(62(54)55(56)57)36-21-17-34(18-22-36)38-24-26-42-40-10-4-6-12-47(40)61(2)50(42)30-38/h3-32H,1-2H3/b59-53-. The lowest BCUT2D eigenvalue weighted by atomic mass is 10.0. The normalized spacial score (nSPS) is 13.5. The predicted octanol–water partition coefficient (Wildman–Crippen LogP) is 15.0. The van der Waals surface area contributed by atoms with Gasteiger partial charge < -0.3 is 13.6 Å². The molecule has 6 heterocycles.